The summed E-state index contributed by atoms with van der Waals surface area (Å²) in [4.78, 5) is 8.16. The number of nitrogens with zero attached hydrogens (tertiary/aromatic N) is 2. The maximum Gasteiger partial charge on any atom is 0.224 e. The summed E-state index contributed by atoms with van der Waals surface area (Å²) in [6.45, 7) is 1.82. The molecule has 0 radical (unpaired) electrons. The second-order valence-corrected chi connectivity index (χ2v) is 6.32. The van der Waals surface area contributed by atoms with Gasteiger partial charge >= 0.3 is 0 Å². The van der Waals surface area contributed by atoms with Gasteiger partial charge in [-0.1, -0.05) is 0 Å². The Morgan fingerprint density at radius 1 is 1.03 bits per heavy atom. The summed E-state index contributed by atoms with van der Waals surface area (Å²) in [5.41, 5.74) is 0.630. The van der Waals surface area contributed by atoms with Crippen molar-refractivity contribution >= 4 is 17.5 Å². The van der Waals surface area contributed by atoms with Gasteiger partial charge in [-0.15, -0.1) is 0 Å². The number of aromatic nitrogens is 2. The van der Waals surface area contributed by atoms with Crippen LogP contribution in [0.1, 0.15) is 0 Å². The monoisotopic (exact) mass is 412 g/mol. The van der Waals surface area contributed by atoms with Crippen molar-refractivity contribution in [3.8, 4) is 23.0 Å². The molecule has 0 fully saturated rings. The van der Waals surface area contributed by atoms with Gasteiger partial charge in [0.1, 0.15) is 31.3 Å². The molecule has 0 spiro atoms. The summed E-state index contributed by atoms with van der Waals surface area (Å²) in [5.74, 6) is 2.53. The lowest BCUT2D eigenvalue weighted by atomic mass is 10.2. The standard InChI is InChI=1S/C21H21FN4O4/c1-27-15-3-5-16(6-4-15)28-9-8-23-21-24-13-17(22)20(26-21)25-14-2-7-18-19(12-14)30-11-10-29-18/h2-7,12-13H,8-11H2,1H3,(H2,23,24,25,26). The van der Waals surface area contributed by atoms with Gasteiger partial charge in [0.15, 0.2) is 23.1 Å². The lowest BCUT2D eigenvalue weighted by Gasteiger charge is -2.19. The number of benzene rings is 2. The van der Waals surface area contributed by atoms with Gasteiger partial charge in [0, 0.05) is 11.8 Å². The van der Waals surface area contributed by atoms with Gasteiger partial charge in [-0.25, -0.2) is 9.37 Å². The van der Waals surface area contributed by atoms with Crippen LogP contribution in [-0.4, -0.2) is 43.4 Å². The highest BCUT2D eigenvalue weighted by molar-refractivity contribution is 5.62. The lowest BCUT2D eigenvalue weighted by molar-refractivity contribution is 0.171. The molecule has 1 aromatic heterocycles. The van der Waals surface area contributed by atoms with Gasteiger partial charge in [-0.2, -0.15) is 4.98 Å². The minimum atomic E-state index is -0.565. The molecule has 0 atom stereocenters. The predicted molar refractivity (Wildman–Crippen MR) is 110 cm³/mol. The number of nitrogens with one attached hydrogen (secondary N) is 2. The number of methoxy groups -OCH3 is 1. The number of hydrogen-bond donors (Lipinski definition) is 2. The number of halogens is 1. The Morgan fingerprint density at radius 2 is 1.80 bits per heavy atom. The largest absolute Gasteiger partial charge is 0.497 e. The first kappa shape index (κ1) is 19.6. The van der Waals surface area contributed by atoms with Crippen molar-refractivity contribution in [1.82, 2.24) is 9.97 Å². The molecule has 30 heavy (non-hydrogen) atoms. The van der Waals surface area contributed by atoms with Crippen molar-refractivity contribution in [2.45, 2.75) is 0 Å². The predicted octanol–water partition coefficient (Wildman–Crippen LogP) is 3.63. The molecule has 0 amide bonds. The van der Waals surface area contributed by atoms with Gasteiger partial charge in [0.25, 0.3) is 0 Å². The second kappa shape index (κ2) is 9.17. The molecule has 0 saturated heterocycles. The minimum absolute atomic E-state index is 0.0558. The number of fused-ring (bicyclic) bond motifs is 1. The van der Waals surface area contributed by atoms with Crippen LogP contribution in [-0.2, 0) is 0 Å². The van der Waals surface area contributed by atoms with Gasteiger partial charge in [0.05, 0.1) is 19.9 Å². The van der Waals surface area contributed by atoms with Crippen molar-refractivity contribution in [3.05, 3.63) is 54.5 Å². The van der Waals surface area contributed by atoms with Crippen LogP contribution >= 0.6 is 0 Å². The molecule has 9 heteroatoms. The van der Waals surface area contributed by atoms with E-state index in [0.717, 1.165) is 17.7 Å². The van der Waals surface area contributed by atoms with Crippen LogP contribution in [0.5, 0.6) is 23.0 Å². The fourth-order valence-electron chi connectivity index (χ4n) is 2.80. The SMILES string of the molecule is COc1ccc(OCCNc2ncc(F)c(Nc3ccc4c(c3)OCCO4)n2)cc1. The van der Waals surface area contributed by atoms with Gasteiger partial charge in [-0.05, 0) is 36.4 Å². The molecule has 1 aliphatic rings. The minimum Gasteiger partial charge on any atom is -0.497 e. The van der Waals surface area contributed by atoms with Crippen molar-refractivity contribution in [2.24, 2.45) is 0 Å². The normalized spacial score (nSPS) is 12.2. The van der Waals surface area contributed by atoms with Crippen LogP contribution < -0.4 is 29.6 Å². The van der Waals surface area contributed by atoms with Crippen molar-refractivity contribution < 1.29 is 23.3 Å². The third kappa shape index (κ3) is 4.80. The molecule has 3 aromatic rings. The topological polar surface area (TPSA) is 86.8 Å². The van der Waals surface area contributed by atoms with E-state index in [-0.39, 0.29) is 11.8 Å². The third-order valence-corrected chi connectivity index (χ3v) is 4.26. The van der Waals surface area contributed by atoms with Crippen LogP contribution in [0.2, 0.25) is 0 Å². The molecule has 0 saturated carbocycles. The molecular weight excluding hydrogens is 391 g/mol. The van der Waals surface area contributed by atoms with E-state index < -0.39 is 5.82 Å². The van der Waals surface area contributed by atoms with E-state index in [1.54, 1.807) is 25.3 Å². The van der Waals surface area contributed by atoms with E-state index in [0.29, 0.717) is 43.6 Å². The Kier molecular flexibility index (Phi) is 5.98. The zero-order chi connectivity index (χ0) is 20.8. The first-order chi connectivity index (χ1) is 14.7. The van der Waals surface area contributed by atoms with E-state index in [9.17, 15) is 4.39 Å². The Morgan fingerprint density at radius 3 is 2.60 bits per heavy atom. The van der Waals surface area contributed by atoms with Gasteiger partial charge < -0.3 is 29.6 Å². The highest BCUT2D eigenvalue weighted by Gasteiger charge is 2.13. The van der Waals surface area contributed by atoms with E-state index in [1.165, 1.54) is 0 Å². The lowest BCUT2D eigenvalue weighted by Crippen LogP contribution is -2.15. The van der Waals surface area contributed by atoms with E-state index >= 15 is 0 Å². The van der Waals surface area contributed by atoms with Crippen LogP contribution in [0, 0.1) is 5.82 Å². The van der Waals surface area contributed by atoms with E-state index in [2.05, 4.69) is 20.6 Å². The Balaban J connectivity index is 1.33. The third-order valence-electron chi connectivity index (χ3n) is 4.26. The zero-order valence-corrected chi connectivity index (χ0v) is 16.4. The van der Waals surface area contributed by atoms with Crippen LogP contribution in [0.4, 0.5) is 21.8 Å². The maximum absolute atomic E-state index is 14.2. The van der Waals surface area contributed by atoms with Crippen LogP contribution in [0.15, 0.2) is 48.7 Å². The number of hydrogen-bond acceptors (Lipinski definition) is 8. The molecule has 2 heterocycles. The summed E-state index contributed by atoms with van der Waals surface area (Å²) in [6, 6.07) is 12.6. The first-order valence-electron chi connectivity index (χ1n) is 9.41. The van der Waals surface area contributed by atoms with Crippen LogP contribution in [0.3, 0.4) is 0 Å². The molecule has 1 aliphatic heterocycles. The maximum atomic E-state index is 14.2. The molecule has 156 valence electrons. The summed E-state index contributed by atoms with van der Waals surface area (Å²) < 4.78 is 35.9. The highest BCUT2D eigenvalue weighted by atomic mass is 19.1. The first-order valence-corrected chi connectivity index (χ1v) is 9.41. The van der Waals surface area contributed by atoms with Gasteiger partial charge in [0.2, 0.25) is 5.95 Å². The summed E-state index contributed by atoms with van der Waals surface area (Å²) in [6.07, 6.45) is 1.11. The molecule has 0 aliphatic carbocycles. The molecule has 2 aromatic carbocycles. The van der Waals surface area contributed by atoms with Crippen molar-refractivity contribution in [3.63, 3.8) is 0 Å². The zero-order valence-electron chi connectivity index (χ0n) is 16.4. The smallest absolute Gasteiger partial charge is 0.224 e. The number of anilines is 3. The van der Waals surface area contributed by atoms with E-state index in [1.807, 2.05) is 24.3 Å². The van der Waals surface area contributed by atoms with Gasteiger partial charge in [-0.3, -0.25) is 0 Å². The molecular formula is C21H21FN4O4. The van der Waals surface area contributed by atoms with Crippen LogP contribution in [0.25, 0.3) is 0 Å². The molecule has 8 nitrogen and oxygen atoms in total. The summed E-state index contributed by atoms with van der Waals surface area (Å²) in [7, 11) is 1.61. The van der Waals surface area contributed by atoms with Crippen molar-refractivity contribution in [1.29, 1.82) is 0 Å². The Hall–Kier alpha value is -3.75. The molecule has 4 rings (SSSR count). The number of rotatable bonds is 8. The quantitative estimate of drug-likeness (QED) is 0.543. The Bertz CT molecular complexity index is 1000. The second-order valence-electron chi connectivity index (χ2n) is 6.32. The average molecular weight is 412 g/mol. The highest BCUT2D eigenvalue weighted by Crippen LogP contribution is 2.33. The fraction of sp³-hybridized carbons (Fsp3) is 0.238. The molecule has 2 N–H and O–H groups in total. The summed E-state index contributed by atoms with van der Waals surface area (Å²) in [5, 5.41) is 5.96. The molecule has 0 unspecified atom stereocenters. The fourth-order valence-corrected chi connectivity index (χ4v) is 2.80. The Labute approximate surface area is 173 Å². The summed E-state index contributed by atoms with van der Waals surface area (Å²) >= 11 is 0. The van der Waals surface area contributed by atoms with E-state index in [4.69, 9.17) is 18.9 Å². The molecule has 0 bridgehead atoms. The van der Waals surface area contributed by atoms with Crippen molar-refractivity contribution in [2.75, 3.05) is 44.1 Å². The average Bonchev–Trinajstić information content (AvgIpc) is 2.79. The number of ether oxygens (including phenoxy) is 4.